The summed E-state index contributed by atoms with van der Waals surface area (Å²) in [6.45, 7) is 5.34. The number of nitrogens with one attached hydrogen (secondary N) is 2. The third kappa shape index (κ3) is 5.47. The monoisotopic (exact) mass is 285 g/mol. The Kier molecular flexibility index (Phi) is 6.61. The normalized spacial score (nSPS) is 14.0. The van der Waals surface area contributed by atoms with E-state index in [9.17, 15) is 0 Å². The molecule has 0 saturated carbocycles. The van der Waals surface area contributed by atoms with Gasteiger partial charge in [0.15, 0.2) is 5.82 Å². The van der Waals surface area contributed by atoms with E-state index in [1.54, 1.807) is 6.20 Å². The lowest BCUT2D eigenvalue weighted by atomic mass is 10.2. The Morgan fingerprint density at radius 3 is 2.43 bits per heavy atom. The molecule has 5 heteroatoms. The maximum Gasteiger partial charge on any atom is 0.183 e. The van der Waals surface area contributed by atoms with Gasteiger partial charge in [0, 0.05) is 12.1 Å². The lowest BCUT2D eigenvalue weighted by Gasteiger charge is -2.08. The van der Waals surface area contributed by atoms with E-state index < -0.39 is 0 Å². The highest BCUT2D eigenvalue weighted by molar-refractivity contribution is 5.55. The summed E-state index contributed by atoms with van der Waals surface area (Å²) >= 11 is 0. The van der Waals surface area contributed by atoms with Crippen LogP contribution in [0.4, 0.5) is 5.82 Å². The first-order valence-electron chi connectivity index (χ1n) is 7.60. The van der Waals surface area contributed by atoms with Gasteiger partial charge < -0.3 is 10.6 Å². The van der Waals surface area contributed by atoms with Crippen molar-refractivity contribution in [3.63, 3.8) is 0 Å². The molecule has 5 nitrogen and oxygen atoms in total. The molecular formula is C16H23N5. The van der Waals surface area contributed by atoms with Crippen molar-refractivity contribution in [2.24, 2.45) is 0 Å². The molecule has 0 aliphatic carbocycles. The summed E-state index contributed by atoms with van der Waals surface area (Å²) in [6.07, 6.45) is 5.84. The van der Waals surface area contributed by atoms with Crippen LogP contribution in [0.3, 0.4) is 0 Å². The van der Waals surface area contributed by atoms with E-state index in [1.807, 2.05) is 37.3 Å². The largest absolute Gasteiger partial charge is 0.369 e. The average Bonchev–Trinajstić information content (AvgIpc) is 2.58. The van der Waals surface area contributed by atoms with Crippen LogP contribution < -0.4 is 10.6 Å². The van der Waals surface area contributed by atoms with Gasteiger partial charge in [-0.15, -0.1) is 5.10 Å². The van der Waals surface area contributed by atoms with Crippen LogP contribution in [0.25, 0.3) is 11.4 Å². The van der Waals surface area contributed by atoms with Crippen molar-refractivity contribution < 1.29 is 0 Å². The van der Waals surface area contributed by atoms with E-state index in [-0.39, 0.29) is 0 Å². The minimum atomic E-state index is 0.647. The Morgan fingerprint density at radius 1 is 1.10 bits per heavy atom. The molecule has 2 aromatic rings. The molecule has 1 aliphatic heterocycles. The van der Waals surface area contributed by atoms with Crippen molar-refractivity contribution in [2.45, 2.75) is 26.2 Å². The van der Waals surface area contributed by atoms with Crippen molar-refractivity contribution in [1.29, 1.82) is 0 Å². The molecule has 3 rings (SSSR count). The lowest BCUT2D eigenvalue weighted by molar-refractivity contribution is 0.520. The Hall–Kier alpha value is -2.01. The van der Waals surface area contributed by atoms with E-state index in [0.29, 0.717) is 5.82 Å². The first-order chi connectivity index (χ1) is 10.4. The molecule has 1 saturated heterocycles. The van der Waals surface area contributed by atoms with Crippen molar-refractivity contribution >= 4 is 5.82 Å². The van der Waals surface area contributed by atoms with Crippen LogP contribution in [0.5, 0.6) is 0 Å². The summed E-state index contributed by atoms with van der Waals surface area (Å²) in [5.41, 5.74) is 0.977. The van der Waals surface area contributed by atoms with Crippen molar-refractivity contribution in [2.75, 3.05) is 25.0 Å². The zero-order chi connectivity index (χ0) is 14.8. The molecule has 1 fully saturated rings. The highest BCUT2D eigenvalue weighted by Gasteiger charge is 2.01. The first kappa shape index (κ1) is 15.4. The maximum atomic E-state index is 4.35. The predicted molar refractivity (Wildman–Crippen MR) is 86.1 cm³/mol. The zero-order valence-corrected chi connectivity index (χ0v) is 12.5. The molecule has 0 amide bonds. The topological polar surface area (TPSA) is 62.7 Å². The van der Waals surface area contributed by atoms with Crippen molar-refractivity contribution in [3.05, 3.63) is 36.5 Å². The second kappa shape index (κ2) is 9.02. The highest BCUT2D eigenvalue weighted by atomic mass is 15.2. The molecule has 2 heterocycles. The summed E-state index contributed by atoms with van der Waals surface area (Å²) < 4.78 is 0. The molecule has 0 spiro atoms. The van der Waals surface area contributed by atoms with Crippen LogP contribution in [0.2, 0.25) is 0 Å². The van der Waals surface area contributed by atoms with Gasteiger partial charge in [0.05, 0.1) is 6.20 Å². The number of hydrogen-bond donors (Lipinski definition) is 2. The van der Waals surface area contributed by atoms with E-state index in [4.69, 9.17) is 0 Å². The Morgan fingerprint density at radius 2 is 1.86 bits per heavy atom. The number of nitrogens with zero attached hydrogens (tertiary/aromatic N) is 3. The van der Waals surface area contributed by atoms with Gasteiger partial charge >= 0.3 is 0 Å². The number of anilines is 1. The van der Waals surface area contributed by atoms with Gasteiger partial charge in [-0.1, -0.05) is 36.8 Å². The van der Waals surface area contributed by atoms with E-state index in [1.165, 1.54) is 32.4 Å². The van der Waals surface area contributed by atoms with Gasteiger partial charge in [-0.2, -0.15) is 5.10 Å². The molecule has 0 radical (unpaired) electrons. The number of piperidine rings is 1. The average molecular weight is 285 g/mol. The second-order valence-electron chi connectivity index (χ2n) is 4.87. The molecule has 2 N–H and O–H groups in total. The third-order valence-electron chi connectivity index (χ3n) is 3.16. The molecule has 21 heavy (non-hydrogen) atoms. The van der Waals surface area contributed by atoms with Gasteiger partial charge in [0.1, 0.15) is 5.82 Å². The van der Waals surface area contributed by atoms with Gasteiger partial charge in [-0.3, -0.25) is 0 Å². The van der Waals surface area contributed by atoms with E-state index >= 15 is 0 Å². The minimum Gasteiger partial charge on any atom is -0.369 e. The van der Waals surface area contributed by atoms with Gasteiger partial charge in [-0.25, -0.2) is 4.98 Å². The van der Waals surface area contributed by atoms with Crippen LogP contribution in [0.1, 0.15) is 26.2 Å². The fourth-order valence-corrected chi connectivity index (χ4v) is 2.08. The SMILES string of the molecule is C1CCNCC1.CCNc1cnnc(-c2ccccc2)n1. The fourth-order valence-electron chi connectivity index (χ4n) is 2.08. The second-order valence-corrected chi connectivity index (χ2v) is 4.87. The van der Waals surface area contributed by atoms with Crippen LogP contribution in [-0.2, 0) is 0 Å². The number of rotatable bonds is 3. The predicted octanol–water partition coefficient (Wildman–Crippen LogP) is 2.73. The van der Waals surface area contributed by atoms with Gasteiger partial charge in [0.2, 0.25) is 0 Å². The third-order valence-corrected chi connectivity index (χ3v) is 3.16. The summed E-state index contributed by atoms with van der Waals surface area (Å²) in [6, 6.07) is 9.81. The summed E-state index contributed by atoms with van der Waals surface area (Å²) in [7, 11) is 0. The summed E-state index contributed by atoms with van der Waals surface area (Å²) in [5, 5.41) is 14.3. The molecule has 1 aliphatic rings. The van der Waals surface area contributed by atoms with E-state index in [0.717, 1.165) is 17.9 Å². The van der Waals surface area contributed by atoms with E-state index in [2.05, 4.69) is 25.8 Å². The Labute approximate surface area is 126 Å². The minimum absolute atomic E-state index is 0.647. The van der Waals surface area contributed by atoms with Crippen LogP contribution in [0, 0.1) is 0 Å². The molecule has 112 valence electrons. The van der Waals surface area contributed by atoms with Gasteiger partial charge in [0.25, 0.3) is 0 Å². The van der Waals surface area contributed by atoms with Crippen molar-refractivity contribution in [1.82, 2.24) is 20.5 Å². The first-order valence-corrected chi connectivity index (χ1v) is 7.60. The number of benzene rings is 1. The molecule has 0 atom stereocenters. The quantitative estimate of drug-likeness (QED) is 0.908. The lowest BCUT2D eigenvalue weighted by Crippen LogP contribution is -2.21. The highest BCUT2D eigenvalue weighted by Crippen LogP contribution is 2.13. The molecular weight excluding hydrogens is 262 g/mol. The van der Waals surface area contributed by atoms with Crippen molar-refractivity contribution in [3.8, 4) is 11.4 Å². The molecule has 0 bridgehead atoms. The standard InChI is InChI=1S/C11H12N4.C5H11N/c1-2-12-10-8-13-15-11(14-10)9-6-4-3-5-7-9;1-2-4-6-5-3-1/h3-8H,2H2,1H3,(H,12,14,15);6H,1-5H2. The Balaban J connectivity index is 0.000000225. The summed E-state index contributed by atoms with van der Waals surface area (Å²) in [5.74, 6) is 1.40. The van der Waals surface area contributed by atoms with Crippen LogP contribution in [0.15, 0.2) is 36.5 Å². The van der Waals surface area contributed by atoms with Crippen LogP contribution in [-0.4, -0.2) is 34.8 Å². The Bertz CT molecular complexity index is 500. The maximum absolute atomic E-state index is 4.35. The molecule has 0 unspecified atom stereocenters. The smallest absolute Gasteiger partial charge is 0.183 e. The van der Waals surface area contributed by atoms with Gasteiger partial charge in [-0.05, 0) is 32.9 Å². The molecule has 1 aromatic carbocycles. The van der Waals surface area contributed by atoms with Crippen LogP contribution >= 0.6 is 0 Å². The summed E-state index contributed by atoms with van der Waals surface area (Å²) in [4.78, 5) is 4.35. The zero-order valence-electron chi connectivity index (χ0n) is 12.5. The fraction of sp³-hybridized carbons (Fsp3) is 0.438. The number of hydrogen-bond acceptors (Lipinski definition) is 5. The molecule has 1 aromatic heterocycles. The number of aromatic nitrogens is 3.